The van der Waals surface area contributed by atoms with Crippen molar-refractivity contribution >= 4 is 27.6 Å². The SMILES string of the molecule is CCC#CC[C@H](C)[C@H](O)/C=C/[C@H]1[C@H](O)C[C@]2(CNS(=O)(=O)c3ccc(Cl)cc3)C/C(=C\CCCC(=O)O)C[C@H]12. The zero-order chi connectivity index (χ0) is 28.6. The summed E-state index contributed by atoms with van der Waals surface area (Å²) in [6, 6.07) is 5.99. The van der Waals surface area contributed by atoms with Gasteiger partial charge in [0.25, 0.3) is 0 Å². The Morgan fingerprint density at radius 2 is 2.00 bits per heavy atom. The molecule has 214 valence electrons. The van der Waals surface area contributed by atoms with Gasteiger partial charge in [-0.25, -0.2) is 13.1 Å². The van der Waals surface area contributed by atoms with Crippen molar-refractivity contribution in [1.82, 2.24) is 4.72 Å². The second-order valence-corrected chi connectivity index (χ2v) is 13.1. The number of hydrogen-bond donors (Lipinski definition) is 4. The lowest BCUT2D eigenvalue weighted by Crippen LogP contribution is -2.38. The highest BCUT2D eigenvalue weighted by Gasteiger charge is 2.55. The fourth-order valence-electron chi connectivity index (χ4n) is 5.83. The molecule has 2 aliphatic rings. The molecule has 3 rings (SSSR count). The van der Waals surface area contributed by atoms with Gasteiger partial charge in [-0.15, -0.1) is 11.8 Å². The van der Waals surface area contributed by atoms with E-state index >= 15 is 0 Å². The first-order valence-electron chi connectivity index (χ1n) is 13.6. The van der Waals surface area contributed by atoms with Gasteiger partial charge in [-0.05, 0) is 73.6 Å². The molecule has 39 heavy (non-hydrogen) atoms. The third-order valence-corrected chi connectivity index (χ3v) is 9.65. The van der Waals surface area contributed by atoms with Gasteiger partial charge in [0.1, 0.15) is 0 Å². The van der Waals surface area contributed by atoms with Crippen LogP contribution in [0.5, 0.6) is 0 Å². The lowest BCUT2D eigenvalue weighted by Gasteiger charge is -2.30. The Morgan fingerprint density at radius 1 is 1.28 bits per heavy atom. The average molecular weight is 578 g/mol. The first-order valence-corrected chi connectivity index (χ1v) is 15.5. The van der Waals surface area contributed by atoms with Crippen LogP contribution in [0.25, 0.3) is 0 Å². The number of fused-ring (bicyclic) bond motifs is 1. The molecule has 0 unspecified atom stereocenters. The Morgan fingerprint density at radius 3 is 2.67 bits per heavy atom. The Balaban J connectivity index is 1.80. The third kappa shape index (κ3) is 8.42. The number of halogens is 1. The summed E-state index contributed by atoms with van der Waals surface area (Å²) in [5, 5.41) is 31.2. The van der Waals surface area contributed by atoms with Crippen LogP contribution in [0.1, 0.15) is 65.2 Å². The van der Waals surface area contributed by atoms with Gasteiger partial charge in [-0.2, -0.15) is 0 Å². The quantitative estimate of drug-likeness (QED) is 0.159. The normalized spacial score (nSPS) is 27.3. The Labute approximate surface area is 237 Å². The van der Waals surface area contributed by atoms with Crippen LogP contribution in [0, 0.1) is 35.0 Å². The van der Waals surface area contributed by atoms with E-state index in [1.807, 2.05) is 19.9 Å². The number of rotatable bonds is 12. The van der Waals surface area contributed by atoms with Crippen LogP contribution in [0.4, 0.5) is 0 Å². The number of hydrogen-bond acceptors (Lipinski definition) is 5. The molecule has 0 radical (unpaired) electrons. The number of nitrogens with one attached hydrogen (secondary N) is 1. The minimum Gasteiger partial charge on any atom is -0.481 e. The molecule has 0 heterocycles. The Kier molecular flexibility index (Phi) is 11.2. The summed E-state index contributed by atoms with van der Waals surface area (Å²) in [6.45, 7) is 4.09. The largest absolute Gasteiger partial charge is 0.481 e. The summed E-state index contributed by atoms with van der Waals surface area (Å²) in [5.41, 5.74) is 0.667. The molecule has 0 spiro atoms. The molecule has 9 heteroatoms. The molecule has 0 amide bonds. The minimum absolute atomic E-state index is 0.0234. The molecule has 0 aromatic heterocycles. The van der Waals surface area contributed by atoms with Crippen molar-refractivity contribution in [2.45, 2.75) is 82.3 Å². The number of aliphatic carboxylic acids is 1. The fourth-order valence-corrected chi connectivity index (χ4v) is 7.10. The molecular formula is C30H40ClNO6S. The van der Waals surface area contributed by atoms with Gasteiger partial charge in [0.05, 0.1) is 17.1 Å². The molecule has 4 N–H and O–H groups in total. The number of carbonyl (C=O) groups is 1. The molecule has 0 saturated heterocycles. The first-order chi connectivity index (χ1) is 18.5. The van der Waals surface area contributed by atoms with E-state index in [1.54, 1.807) is 6.08 Å². The van der Waals surface area contributed by atoms with E-state index in [2.05, 4.69) is 22.6 Å². The van der Waals surface area contributed by atoms with Crippen molar-refractivity contribution in [2.24, 2.45) is 23.2 Å². The molecule has 2 fully saturated rings. The summed E-state index contributed by atoms with van der Waals surface area (Å²) in [7, 11) is -3.79. The Bertz CT molecular complexity index is 1220. The smallest absolute Gasteiger partial charge is 0.303 e. The van der Waals surface area contributed by atoms with Crippen LogP contribution in [0.15, 0.2) is 53.0 Å². The van der Waals surface area contributed by atoms with E-state index in [0.717, 1.165) is 12.0 Å². The van der Waals surface area contributed by atoms with Crippen molar-refractivity contribution in [3.05, 3.63) is 53.1 Å². The molecular weight excluding hydrogens is 538 g/mol. The maximum atomic E-state index is 13.1. The van der Waals surface area contributed by atoms with E-state index in [1.165, 1.54) is 24.3 Å². The second-order valence-electron chi connectivity index (χ2n) is 10.9. The highest BCUT2D eigenvalue weighted by atomic mass is 35.5. The number of benzene rings is 1. The minimum atomic E-state index is -3.79. The molecule has 2 saturated carbocycles. The van der Waals surface area contributed by atoms with Gasteiger partial charge in [0.15, 0.2) is 0 Å². The first kappa shape index (κ1) is 31.4. The van der Waals surface area contributed by atoms with Gasteiger partial charge < -0.3 is 15.3 Å². The van der Waals surface area contributed by atoms with Crippen LogP contribution in [0.2, 0.25) is 5.02 Å². The number of allylic oxidation sites excluding steroid dienone is 2. The number of carboxylic acids is 1. The van der Waals surface area contributed by atoms with E-state index in [-0.39, 0.29) is 35.6 Å². The fraction of sp³-hybridized carbons (Fsp3) is 0.567. The van der Waals surface area contributed by atoms with Crippen molar-refractivity contribution < 1.29 is 28.5 Å². The predicted molar refractivity (Wildman–Crippen MR) is 152 cm³/mol. The number of aliphatic hydroxyl groups is 2. The lowest BCUT2D eigenvalue weighted by atomic mass is 9.78. The van der Waals surface area contributed by atoms with Gasteiger partial charge in [0.2, 0.25) is 10.0 Å². The zero-order valence-electron chi connectivity index (χ0n) is 22.6. The number of carboxylic acid groups (broad SMARTS) is 1. The number of unbranched alkanes of at least 4 members (excludes halogenated alkanes) is 1. The predicted octanol–water partition coefficient (Wildman–Crippen LogP) is 4.93. The zero-order valence-corrected chi connectivity index (χ0v) is 24.2. The number of sulfonamides is 1. The van der Waals surface area contributed by atoms with E-state index in [4.69, 9.17) is 16.7 Å². The van der Waals surface area contributed by atoms with Crippen LogP contribution in [-0.4, -0.2) is 48.5 Å². The van der Waals surface area contributed by atoms with Crippen LogP contribution >= 0.6 is 11.6 Å². The molecule has 2 aliphatic carbocycles. The summed E-state index contributed by atoms with van der Waals surface area (Å²) < 4.78 is 28.9. The molecule has 7 nitrogen and oxygen atoms in total. The van der Waals surface area contributed by atoms with Gasteiger partial charge in [-0.1, -0.05) is 49.2 Å². The van der Waals surface area contributed by atoms with Crippen LogP contribution < -0.4 is 4.72 Å². The van der Waals surface area contributed by atoms with E-state index in [0.29, 0.717) is 43.5 Å². The van der Waals surface area contributed by atoms with Gasteiger partial charge >= 0.3 is 5.97 Å². The average Bonchev–Trinajstić information content (AvgIpc) is 3.35. The Hall–Kier alpha value is -2.15. The lowest BCUT2D eigenvalue weighted by molar-refractivity contribution is -0.137. The monoisotopic (exact) mass is 577 g/mol. The molecule has 6 atom stereocenters. The molecule has 1 aromatic rings. The maximum absolute atomic E-state index is 13.1. The standard InChI is InChI=1S/C30H40ClNO6S/c1-3-4-5-8-21(2)27(33)16-15-25-26-17-22(9-6-7-10-29(35)36)18-30(26,19-28(25)34)20-32-39(37,38)24-13-11-23(31)12-14-24/h9,11-16,21,25-28,32-34H,3,6-8,10,17-20H2,1-2H3,(H,35,36)/b16-15+,22-9-/t21-,25+,26+,27+,28+,30-/m0/s1. The third-order valence-electron chi connectivity index (χ3n) is 7.98. The van der Waals surface area contributed by atoms with Gasteiger partial charge in [0, 0.05) is 36.7 Å². The molecule has 1 aromatic carbocycles. The number of aliphatic hydroxyl groups excluding tert-OH is 2. The summed E-state index contributed by atoms with van der Waals surface area (Å²) >= 11 is 5.92. The molecule has 0 aliphatic heterocycles. The van der Waals surface area contributed by atoms with Crippen molar-refractivity contribution in [3.8, 4) is 11.8 Å². The van der Waals surface area contributed by atoms with Crippen molar-refractivity contribution in [3.63, 3.8) is 0 Å². The summed E-state index contributed by atoms with van der Waals surface area (Å²) in [4.78, 5) is 11.0. The van der Waals surface area contributed by atoms with Crippen LogP contribution in [-0.2, 0) is 14.8 Å². The topological polar surface area (TPSA) is 124 Å². The maximum Gasteiger partial charge on any atom is 0.303 e. The van der Waals surface area contributed by atoms with Crippen molar-refractivity contribution in [2.75, 3.05) is 6.54 Å². The van der Waals surface area contributed by atoms with Crippen LogP contribution in [0.3, 0.4) is 0 Å². The summed E-state index contributed by atoms with van der Waals surface area (Å²) in [5.74, 6) is 4.95. The van der Waals surface area contributed by atoms with Gasteiger partial charge in [-0.3, -0.25) is 4.79 Å². The van der Waals surface area contributed by atoms with E-state index < -0.39 is 33.6 Å². The second kappa shape index (κ2) is 14.0. The summed E-state index contributed by atoms with van der Waals surface area (Å²) in [6.07, 6.45) is 8.72. The van der Waals surface area contributed by atoms with E-state index in [9.17, 15) is 23.4 Å². The van der Waals surface area contributed by atoms with Crippen molar-refractivity contribution in [1.29, 1.82) is 0 Å². The molecule has 0 bridgehead atoms. The highest BCUT2D eigenvalue weighted by molar-refractivity contribution is 7.89. The highest BCUT2D eigenvalue weighted by Crippen LogP contribution is 2.59.